The summed E-state index contributed by atoms with van der Waals surface area (Å²) in [7, 11) is -3.33. The monoisotopic (exact) mass is 438 g/mol. The molecule has 8 heteroatoms. The largest absolute Gasteiger partial charge is 0.368 e. The molecule has 0 N–H and O–H groups in total. The highest BCUT2D eigenvalue weighted by atomic mass is 32.2. The van der Waals surface area contributed by atoms with Gasteiger partial charge >= 0.3 is 0 Å². The van der Waals surface area contributed by atoms with E-state index in [1.165, 1.54) is 27.2 Å². The molecule has 2 fully saturated rings. The van der Waals surface area contributed by atoms with Crippen LogP contribution in [0.15, 0.2) is 36.4 Å². The molecular weight excluding hydrogens is 412 g/mol. The lowest BCUT2D eigenvalue weighted by atomic mass is 10.0. The quantitative estimate of drug-likeness (QED) is 0.736. The smallest absolute Gasteiger partial charge is 0.255 e. The number of amides is 1. The maximum Gasteiger partial charge on any atom is 0.255 e. The van der Waals surface area contributed by atoms with Gasteiger partial charge in [0, 0.05) is 38.4 Å². The standard InChI is InChI=1S/C23H26N4O3S/c1-17-4-7-22(18(2)14-17)25-9-11-26(12-10-25)23(28)21-6-5-20(15-19(21)16-24)27-8-3-13-31(27,29)30/h4-7,14-15H,3,8-13H2,1-2H3. The average molecular weight is 439 g/mol. The van der Waals surface area contributed by atoms with Gasteiger partial charge in [-0.3, -0.25) is 9.10 Å². The molecule has 1 amide bonds. The molecule has 0 aromatic heterocycles. The van der Waals surface area contributed by atoms with Crippen LogP contribution in [0, 0.1) is 25.2 Å². The number of nitriles is 1. The van der Waals surface area contributed by atoms with E-state index in [1.807, 2.05) is 0 Å². The SMILES string of the molecule is Cc1ccc(N2CCN(C(=O)c3ccc(N4CCCS4(=O)=O)cc3C#N)CC2)c(C)c1. The normalized spacial score (nSPS) is 18.2. The molecule has 7 nitrogen and oxygen atoms in total. The molecule has 2 saturated heterocycles. The van der Waals surface area contributed by atoms with E-state index in [9.17, 15) is 18.5 Å². The van der Waals surface area contributed by atoms with E-state index >= 15 is 0 Å². The average Bonchev–Trinajstić information content (AvgIpc) is 3.12. The van der Waals surface area contributed by atoms with E-state index in [0.29, 0.717) is 37.3 Å². The third-order valence-electron chi connectivity index (χ3n) is 6.00. The number of carbonyl (C=O) groups excluding carboxylic acids is 1. The number of sulfonamides is 1. The zero-order valence-electron chi connectivity index (χ0n) is 17.8. The number of piperazine rings is 1. The Balaban J connectivity index is 1.49. The van der Waals surface area contributed by atoms with Crippen molar-refractivity contribution >= 4 is 27.3 Å². The summed E-state index contributed by atoms with van der Waals surface area (Å²) in [6, 6.07) is 13.2. The Kier molecular flexibility index (Phi) is 5.63. The van der Waals surface area contributed by atoms with Crippen molar-refractivity contribution in [1.82, 2.24) is 4.90 Å². The maximum atomic E-state index is 13.1. The fourth-order valence-corrected chi connectivity index (χ4v) is 5.93. The van der Waals surface area contributed by atoms with Crippen LogP contribution in [0.2, 0.25) is 0 Å². The Morgan fingerprint density at radius 2 is 1.74 bits per heavy atom. The number of benzene rings is 2. The Morgan fingerprint density at radius 3 is 2.35 bits per heavy atom. The van der Waals surface area contributed by atoms with Crippen molar-refractivity contribution in [3.05, 3.63) is 58.7 Å². The Labute approximate surface area is 183 Å². The lowest BCUT2D eigenvalue weighted by Crippen LogP contribution is -2.49. The van der Waals surface area contributed by atoms with Gasteiger partial charge in [-0.25, -0.2) is 8.42 Å². The molecule has 0 spiro atoms. The number of carbonyl (C=O) groups is 1. The molecule has 31 heavy (non-hydrogen) atoms. The fourth-order valence-electron chi connectivity index (χ4n) is 4.38. The molecule has 0 atom stereocenters. The van der Waals surface area contributed by atoms with E-state index < -0.39 is 10.0 Å². The minimum Gasteiger partial charge on any atom is -0.368 e. The number of anilines is 2. The molecule has 0 radical (unpaired) electrons. The zero-order valence-corrected chi connectivity index (χ0v) is 18.7. The molecule has 0 bridgehead atoms. The second-order valence-electron chi connectivity index (χ2n) is 8.15. The van der Waals surface area contributed by atoms with Crippen LogP contribution in [0.5, 0.6) is 0 Å². The summed E-state index contributed by atoms with van der Waals surface area (Å²) < 4.78 is 25.7. The minimum atomic E-state index is -3.33. The Bertz CT molecular complexity index is 1160. The number of rotatable bonds is 3. The van der Waals surface area contributed by atoms with Gasteiger partial charge in [0.05, 0.1) is 22.6 Å². The highest BCUT2D eigenvalue weighted by molar-refractivity contribution is 7.93. The summed E-state index contributed by atoms with van der Waals surface area (Å²) in [5, 5.41) is 9.61. The zero-order chi connectivity index (χ0) is 22.2. The molecule has 0 saturated carbocycles. The van der Waals surface area contributed by atoms with Gasteiger partial charge in [-0.15, -0.1) is 0 Å². The molecule has 162 valence electrons. The first-order chi connectivity index (χ1) is 14.8. The van der Waals surface area contributed by atoms with Crippen molar-refractivity contribution in [1.29, 1.82) is 5.26 Å². The van der Waals surface area contributed by atoms with Crippen LogP contribution in [0.25, 0.3) is 0 Å². The van der Waals surface area contributed by atoms with Crippen molar-refractivity contribution in [2.75, 3.05) is 47.7 Å². The number of hydrogen-bond acceptors (Lipinski definition) is 5. The van der Waals surface area contributed by atoms with Crippen molar-refractivity contribution in [2.45, 2.75) is 20.3 Å². The maximum absolute atomic E-state index is 13.1. The number of nitrogens with zero attached hydrogens (tertiary/aromatic N) is 4. The predicted molar refractivity (Wildman–Crippen MR) is 121 cm³/mol. The van der Waals surface area contributed by atoms with Crippen LogP contribution in [-0.4, -0.2) is 57.7 Å². The second-order valence-corrected chi connectivity index (χ2v) is 10.2. The van der Waals surface area contributed by atoms with Crippen LogP contribution in [0.4, 0.5) is 11.4 Å². The van der Waals surface area contributed by atoms with Gasteiger partial charge in [-0.1, -0.05) is 17.7 Å². The number of hydrogen-bond donors (Lipinski definition) is 0. The first-order valence-corrected chi connectivity index (χ1v) is 12.1. The summed E-state index contributed by atoms with van der Waals surface area (Å²) in [5.74, 6) is -0.0759. The molecule has 2 aliphatic heterocycles. The van der Waals surface area contributed by atoms with Gasteiger partial charge in [0.15, 0.2) is 0 Å². The first-order valence-electron chi connectivity index (χ1n) is 10.5. The lowest BCUT2D eigenvalue weighted by Gasteiger charge is -2.37. The third kappa shape index (κ3) is 4.10. The third-order valence-corrected chi connectivity index (χ3v) is 7.87. The van der Waals surface area contributed by atoms with Crippen molar-refractivity contribution in [3.63, 3.8) is 0 Å². The molecule has 0 unspecified atom stereocenters. The van der Waals surface area contributed by atoms with E-state index in [0.717, 1.165) is 13.1 Å². The molecule has 2 aliphatic rings. The van der Waals surface area contributed by atoms with Crippen LogP contribution < -0.4 is 9.21 Å². The predicted octanol–water partition coefficient (Wildman–Crippen LogP) is 2.68. The molecule has 2 aromatic rings. The van der Waals surface area contributed by atoms with Crippen LogP contribution >= 0.6 is 0 Å². The highest BCUT2D eigenvalue weighted by Gasteiger charge is 2.30. The molecule has 4 rings (SSSR count). The van der Waals surface area contributed by atoms with Gasteiger partial charge in [0.2, 0.25) is 10.0 Å². The van der Waals surface area contributed by atoms with E-state index in [-0.39, 0.29) is 17.2 Å². The van der Waals surface area contributed by atoms with Crippen molar-refractivity contribution in [2.24, 2.45) is 0 Å². The van der Waals surface area contributed by atoms with Gasteiger partial charge in [-0.2, -0.15) is 5.26 Å². The van der Waals surface area contributed by atoms with Crippen LogP contribution in [0.1, 0.15) is 33.5 Å². The topological polar surface area (TPSA) is 84.7 Å². The van der Waals surface area contributed by atoms with Gasteiger partial charge in [-0.05, 0) is 50.1 Å². The van der Waals surface area contributed by atoms with Crippen molar-refractivity contribution < 1.29 is 13.2 Å². The van der Waals surface area contributed by atoms with Crippen LogP contribution in [-0.2, 0) is 10.0 Å². The van der Waals surface area contributed by atoms with E-state index in [1.54, 1.807) is 17.0 Å². The number of aryl methyl sites for hydroxylation is 2. The molecule has 2 heterocycles. The van der Waals surface area contributed by atoms with Gasteiger partial charge < -0.3 is 9.80 Å². The summed E-state index contributed by atoms with van der Waals surface area (Å²) >= 11 is 0. The first kappa shape index (κ1) is 21.2. The van der Waals surface area contributed by atoms with Gasteiger partial charge in [0.1, 0.15) is 6.07 Å². The summed E-state index contributed by atoms with van der Waals surface area (Å²) in [6.07, 6.45) is 0.565. The second kappa shape index (κ2) is 8.23. The summed E-state index contributed by atoms with van der Waals surface area (Å²) in [4.78, 5) is 17.2. The van der Waals surface area contributed by atoms with E-state index in [4.69, 9.17) is 0 Å². The van der Waals surface area contributed by atoms with Gasteiger partial charge in [0.25, 0.3) is 5.91 Å². The fraction of sp³-hybridized carbons (Fsp3) is 0.391. The lowest BCUT2D eigenvalue weighted by molar-refractivity contribution is 0.0746. The summed E-state index contributed by atoms with van der Waals surface area (Å²) in [5.41, 5.74) is 4.62. The van der Waals surface area contributed by atoms with Crippen molar-refractivity contribution in [3.8, 4) is 6.07 Å². The molecular formula is C23H26N4O3S. The summed E-state index contributed by atoms with van der Waals surface area (Å²) in [6.45, 7) is 7.16. The van der Waals surface area contributed by atoms with Crippen LogP contribution in [0.3, 0.4) is 0 Å². The molecule has 0 aliphatic carbocycles. The highest BCUT2D eigenvalue weighted by Crippen LogP contribution is 2.27. The molecule has 2 aromatic carbocycles. The minimum absolute atomic E-state index is 0.111. The Morgan fingerprint density at radius 1 is 1.00 bits per heavy atom. The Hall–Kier alpha value is -3.05. The van der Waals surface area contributed by atoms with E-state index in [2.05, 4.69) is 43.0 Å².